The summed E-state index contributed by atoms with van der Waals surface area (Å²) < 4.78 is 39.1. The van der Waals surface area contributed by atoms with Gasteiger partial charge in [0.1, 0.15) is 16.5 Å². The summed E-state index contributed by atoms with van der Waals surface area (Å²) in [6.07, 6.45) is 0.889. The van der Waals surface area contributed by atoms with Gasteiger partial charge in [-0.25, -0.2) is 17.8 Å². The smallest absolute Gasteiger partial charge is 0.265 e. The molecule has 8 heteroatoms. The minimum atomic E-state index is -3.95. The standard InChI is InChI=1S/C12H9FN4O2S/c13-9-2-4-12(16-7-9)17-20(18,19)11-3-1-8(6-14)5-10(11)15/h1-5,7H,15H2,(H,16,17). The highest BCUT2D eigenvalue weighted by atomic mass is 32.2. The second kappa shape index (κ2) is 5.14. The molecule has 3 N–H and O–H groups in total. The second-order valence-electron chi connectivity index (χ2n) is 3.83. The molecular weight excluding hydrogens is 283 g/mol. The van der Waals surface area contributed by atoms with Gasteiger partial charge in [-0.2, -0.15) is 5.26 Å². The highest BCUT2D eigenvalue weighted by Gasteiger charge is 2.18. The third-order valence-corrected chi connectivity index (χ3v) is 3.82. The van der Waals surface area contributed by atoms with Gasteiger partial charge >= 0.3 is 0 Å². The fourth-order valence-corrected chi connectivity index (χ4v) is 2.61. The molecule has 0 amide bonds. The summed E-state index contributed by atoms with van der Waals surface area (Å²) in [5.74, 6) is -0.610. The first kappa shape index (κ1) is 13.8. The van der Waals surface area contributed by atoms with Crippen molar-refractivity contribution in [3.05, 3.63) is 47.9 Å². The summed E-state index contributed by atoms with van der Waals surface area (Å²) in [4.78, 5) is 3.42. The van der Waals surface area contributed by atoms with E-state index >= 15 is 0 Å². The lowest BCUT2D eigenvalue weighted by molar-refractivity contribution is 0.600. The Kier molecular flexibility index (Phi) is 3.54. The number of hydrogen-bond donors (Lipinski definition) is 2. The number of anilines is 2. The van der Waals surface area contributed by atoms with E-state index in [0.717, 1.165) is 12.3 Å². The molecule has 0 aliphatic heterocycles. The average molecular weight is 292 g/mol. The predicted octanol–water partition coefficient (Wildman–Crippen LogP) is 1.48. The van der Waals surface area contributed by atoms with Crippen LogP contribution in [0.3, 0.4) is 0 Å². The number of benzene rings is 1. The molecule has 0 saturated heterocycles. The summed E-state index contributed by atoms with van der Waals surface area (Å²) >= 11 is 0. The number of halogens is 1. The molecule has 0 atom stereocenters. The first-order chi connectivity index (χ1) is 9.42. The maximum absolute atomic E-state index is 12.7. The van der Waals surface area contributed by atoms with Crippen molar-refractivity contribution >= 4 is 21.5 Å². The number of nitrogens with two attached hydrogens (primary N) is 1. The van der Waals surface area contributed by atoms with E-state index in [-0.39, 0.29) is 22.0 Å². The van der Waals surface area contributed by atoms with Crippen LogP contribution in [0.25, 0.3) is 0 Å². The van der Waals surface area contributed by atoms with Gasteiger partial charge in [0, 0.05) is 0 Å². The van der Waals surface area contributed by atoms with Gasteiger partial charge in [0.2, 0.25) is 0 Å². The van der Waals surface area contributed by atoms with Crippen LogP contribution in [0.2, 0.25) is 0 Å². The van der Waals surface area contributed by atoms with Gasteiger partial charge in [-0.15, -0.1) is 0 Å². The van der Waals surface area contributed by atoms with Crippen molar-refractivity contribution in [1.82, 2.24) is 4.98 Å². The van der Waals surface area contributed by atoms with E-state index in [1.807, 2.05) is 6.07 Å². The van der Waals surface area contributed by atoms with Crippen LogP contribution < -0.4 is 10.5 Å². The molecule has 1 aromatic heterocycles. The van der Waals surface area contributed by atoms with Crippen LogP contribution in [0.1, 0.15) is 5.56 Å². The van der Waals surface area contributed by atoms with Crippen molar-refractivity contribution in [1.29, 1.82) is 5.26 Å². The number of hydrogen-bond acceptors (Lipinski definition) is 5. The molecule has 0 fully saturated rings. The van der Waals surface area contributed by atoms with Crippen molar-refractivity contribution < 1.29 is 12.8 Å². The molecular formula is C12H9FN4O2S. The van der Waals surface area contributed by atoms with E-state index in [1.165, 1.54) is 24.3 Å². The molecule has 0 aliphatic carbocycles. The molecule has 6 nitrogen and oxygen atoms in total. The number of nitrogens with zero attached hydrogens (tertiary/aromatic N) is 2. The zero-order chi connectivity index (χ0) is 14.8. The van der Waals surface area contributed by atoms with E-state index in [1.54, 1.807) is 0 Å². The monoisotopic (exact) mass is 292 g/mol. The van der Waals surface area contributed by atoms with Crippen LogP contribution in [0.15, 0.2) is 41.4 Å². The molecule has 0 saturated carbocycles. The van der Waals surface area contributed by atoms with Crippen molar-refractivity contribution in [2.24, 2.45) is 0 Å². The van der Waals surface area contributed by atoms with Gasteiger partial charge in [0.15, 0.2) is 0 Å². The molecule has 1 heterocycles. The Morgan fingerprint density at radius 2 is 2.05 bits per heavy atom. The molecule has 2 rings (SSSR count). The van der Waals surface area contributed by atoms with Crippen molar-refractivity contribution in [3.8, 4) is 6.07 Å². The Morgan fingerprint density at radius 3 is 2.60 bits per heavy atom. The lowest BCUT2D eigenvalue weighted by atomic mass is 10.2. The van der Waals surface area contributed by atoms with Gasteiger partial charge in [-0.1, -0.05) is 0 Å². The van der Waals surface area contributed by atoms with Crippen LogP contribution in [-0.4, -0.2) is 13.4 Å². The Hall–Kier alpha value is -2.66. The van der Waals surface area contributed by atoms with E-state index in [0.29, 0.717) is 0 Å². The van der Waals surface area contributed by atoms with Gasteiger partial charge in [-0.05, 0) is 30.3 Å². The molecule has 1 aromatic carbocycles. The van der Waals surface area contributed by atoms with Crippen molar-refractivity contribution in [2.45, 2.75) is 4.90 Å². The Bertz CT molecular complexity index is 782. The quantitative estimate of drug-likeness (QED) is 0.833. The van der Waals surface area contributed by atoms with Crippen LogP contribution in [0, 0.1) is 17.1 Å². The normalized spacial score (nSPS) is 10.8. The Labute approximate surface area is 114 Å². The first-order valence-corrected chi connectivity index (χ1v) is 6.85. The number of nitrogens with one attached hydrogen (secondary N) is 1. The SMILES string of the molecule is N#Cc1ccc(S(=O)(=O)Nc2ccc(F)cn2)c(N)c1. The number of nitriles is 1. The summed E-state index contributed by atoms with van der Waals surface area (Å²) in [7, 11) is -3.95. The molecule has 20 heavy (non-hydrogen) atoms. The van der Waals surface area contributed by atoms with Gasteiger partial charge in [-0.3, -0.25) is 4.72 Å². The van der Waals surface area contributed by atoms with Crippen LogP contribution in [0.5, 0.6) is 0 Å². The van der Waals surface area contributed by atoms with Gasteiger partial charge < -0.3 is 5.73 Å². The highest BCUT2D eigenvalue weighted by Crippen LogP contribution is 2.21. The third-order valence-electron chi connectivity index (χ3n) is 2.39. The Balaban J connectivity index is 2.36. The number of pyridine rings is 1. The topological polar surface area (TPSA) is 109 Å². The molecule has 102 valence electrons. The summed E-state index contributed by atoms with van der Waals surface area (Å²) in [5, 5.41) is 8.70. The Morgan fingerprint density at radius 1 is 1.30 bits per heavy atom. The lowest BCUT2D eigenvalue weighted by Gasteiger charge is -2.09. The fraction of sp³-hybridized carbons (Fsp3) is 0. The van der Waals surface area contributed by atoms with Crippen LogP contribution >= 0.6 is 0 Å². The maximum atomic E-state index is 12.7. The fourth-order valence-electron chi connectivity index (χ4n) is 1.49. The minimum Gasteiger partial charge on any atom is -0.398 e. The van der Waals surface area contributed by atoms with Crippen LogP contribution in [0.4, 0.5) is 15.9 Å². The maximum Gasteiger partial charge on any atom is 0.265 e. The van der Waals surface area contributed by atoms with Gasteiger partial charge in [0.25, 0.3) is 10.0 Å². The number of aromatic nitrogens is 1. The molecule has 0 spiro atoms. The average Bonchev–Trinajstić information content (AvgIpc) is 2.40. The largest absolute Gasteiger partial charge is 0.398 e. The van der Waals surface area contributed by atoms with Crippen molar-refractivity contribution in [3.63, 3.8) is 0 Å². The number of nitrogen functional groups attached to an aromatic ring is 1. The van der Waals surface area contributed by atoms with E-state index in [2.05, 4.69) is 9.71 Å². The summed E-state index contributed by atoms with van der Waals surface area (Å²) in [5.41, 5.74) is 5.80. The number of sulfonamides is 1. The molecule has 0 bridgehead atoms. The van der Waals surface area contributed by atoms with E-state index in [4.69, 9.17) is 11.0 Å². The minimum absolute atomic E-state index is 0.0323. The molecule has 2 aromatic rings. The molecule has 0 aliphatic rings. The summed E-state index contributed by atoms with van der Waals surface area (Å²) in [6.45, 7) is 0. The van der Waals surface area contributed by atoms with E-state index in [9.17, 15) is 12.8 Å². The second-order valence-corrected chi connectivity index (χ2v) is 5.48. The molecule has 0 radical (unpaired) electrons. The van der Waals surface area contributed by atoms with Crippen molar-refractivity contribution in [2.75, 3.05) is 10.5 Å². The zero-order valence-corrected chi connectivity index (χ0v) is 10.9. The lowest BCUT2D eigenvalue weighted by Crippen LogP contribution is -2.15. The summed E-state index contributed by atoms with van der Waals surface area (Å²) in [6, 6.07) is 7.93. The third kappa shape index (κ3) is 2.84. The highest BCUT2D eigenvalue weighted by molar-refractivity contribution is 7.92. The van der Waals surface area contributed by atoms with Gasteiger partial charge in [0.05, 0.1) is 23.5 Å². The number of rotatable bonds is 3. The first-order valence-electron chi connectivity index (χ1n) is 5.36. The predicted molar refractivity (Wildman–Crippen MR) is 70.6 cm³/mol. The van der Waals surface area contributed by atoms with Crippen LogP contribution in [-0.2, 0) is 10.0 Å². The molecule has 0 unspecified atom stereocenters. The zero-order valence-electron chi connectivity index (χ0n) is 10.0. The van der Waals surface area contributed by atoms with E-state index < -0.39 is 15.8 Å².